The zero-order valence-electron chi connectivity index (χ0n) is 11.5. The molecule has 0 bridgehead atoms. The summed E-state index contributed by atoms with van der Waals surface area (Å²) in [5.41, 5.74) is 0. The Labute approximate surface area is 114 Å². The molecule has 1 aromatic rings. The van der Waals surface area contributed by atoms with E-state index < -0.39 is 5.97 Å². The normalized spacial score (nSPS) is 23.4. The lowest BCUT2D eigenvalue weighted by molar-refractivity contribution is -0.143. The number of carboxylic acid groups (broad SMARTS) is 1. The van der Waals surface area contributed by atoms with Crippen molar-refractivity contribution in [1.82, 2.24) is 5.32 Å². The summed E-state index contributed by atoms with van der Waals surface area (Å²) >= 11 is 0. The molecule has 2 N–H and O–H groups in total. The van der Waals surface area contributed by atoms with Crippen LogP contribution < -0.4 is 5.32 Å². The van der Waals surface area contributed by atoms with Crippen LogP contribution >= 0.6 is 0 Å². The second-order valence-electron chi connectivity index (χ2n) is 5.41. The minimum Gasteiger partial charge on any atom is -0.481 e. The van der Waals surface area contributed by atoms with Crippen molar-refractivity contribution in [3.8, 4) is 0 Å². The predicted molar refractivity (Wildman–Crippen MR) is 72.9 cm³/mol. The third-order valence-corrected chi connectivity index (χ3v) is 3.99. The molecule has 1 aromatic heterocycles. The number of furan rings is 1. The van der Waals surface area contributed by atoms with Crippen LogP contribution in [0.3, 0.4) is 0 Å². The maximum atomic E-state index is 10.9. The van der Waals surface area contributed by atoms with E-state index in [1.165, 1.54) is 0 Å². The molecule has 4 nitrogen and oxygen atoms in total. The molecule has 19 heavy (non-hydrogen) atoms. The van der Waals surface area contributed by atoms with Crippen LogP contribution in [0.5, 0.6) is 0 Å². The van der Waals surface area contributed by atoms with Gasteiger partial charge in [0.15, 0.2) is 0 Å². The predicted octanol–water partition coefficient (Wildman–Crippen LogP) is 2.82. The number of rotatable bonds is 6. The summed E-state index contributed by atoms with van der Waals surface area (Å²) in [5, 5.41) is 12.4. The van der Waals surface area contributed by atoms with Gasteiger partial charge in [-0.05, 0) is 50.3 Å². The first kappa shape index (κ1) is 14.1. The number of aliphatic carboxylic acids is 1. The molecule has 106 valence electrons. The van der Waals surface area contributed by atoms with Crippen LogP contribution in [0.25, 0.3) is 0 Å². The van der Waals surface area contributed by atoms with Gasteiger partial charge in [0.2, 0.25) is 0 Å². The van der Waals surface area contributed by atoms with E-state index in [9.17, 15) is 4.79 Å². The topological polar surface area (TPSA) is 62.5 Å². The second kappa shape index (κ2) is 6.75. The maximum absolute atomic E-state index is 10.9. The molecule has 0 saturated heterocycles. The van der Waals surface area contributed by atoms with Gasteiger partial charge in [0, 0.05) is 6.42 Å². The van der Waals surface area contributed by atoms with Crippen molar-refractivity contribution < 1.29 is 14.3 Å². The van der Waals surface area contributed by atoms with E-state index in [2.05, 4.69) is 12.2 Å². The molecule has 0 atom stereocenters. The third kappa shape index (κ3) is 4.10. The summed E-state index contributed by atoms with van der Waals surface area (Å²) in [5.74, 6) is 1.87. The van der Waals surface area contributed by atoms with E-state index in [0.717, 1.165) is 56.7 Å². The van der Waals surface area contributed by atoms with Crippen molar-refractivity contribution in [2.45, 2.75) is 45.6 Å². The lowest BCUT2D eigenvalue weighted by atomic mass is 9.82. The van der Waals surface area contributed by atoms with Gasteiger partial charge in [-0.15, -0.1) is 0 Å². The third-order valence-electron chi connectivity index (χ3n) is 3.99. The van der Waals surface area contributed by atoms with Crippen LogP contribution in [-0.2, 0) is 17.8 Å². The van der Waals surface area contributed by atoms with Crippen molar-refractivity contribution in [2.24, 2.45) is 11.8 Å². The Morgan fingerprint density at radius 3 is 2.58 bits per heavy atom. The van der Waals surface area contributed by atoms with Gasteiger partial charge in [0.05, 0.1) is 12.5 Å². The molecule has 4 heteroatoms. The Balaban J connectivity index is 1.65. The first-order valence-electron chi connectivity index (χ1n) is 7.20. The fourth-order valence-electron chi connectivity index (χ4n) is 2.72. The van der Waals surface area contributed by atoms with E-state index in [1.54, 1.807) is 0 Å². The van der Waals surface area contributed by atoms with Crippen molar-refractivity contribution in [3.63, 3.8) is 0 Å². The Kier molecular flexibility index (Phi) is 5.02. The monoisotopic (exact) mass is 265 g/mol. The van der Waals surface area contributed by atoms with E-state index in [1.807, 2.05) is 12.1 Å². The van der Waals surface area contributed by atoms with E-state index in [4.69, 9.17) is 9.52 Å². The largest absolute Gasteiger partial charge is 0.481 e. The molecule has 1 saturated carbocycles. The van der Waals surface area contributed by atoms with Crippen molar-refractivity contribution in [3.05, 3.63) is 23.7 Å². The van der Waals surface area contributed by atoms with Crippen LogP contribution in [0.1, 0.15) is 44.1 Å². The highest BCUT2D eigenvalue weighted by Crippen LogP contribution is 2.28. The molecule has 1 aliphatic rings. The summed E-state index contributed by atoms with van der Waals surface area (Å²) in [4.78, 5) is 10.9. The number of aryl methyl sites for hydroxylation is 1. The molecule has 1 heterocycles. The van der Waals surface area contributed by atoms with Crippen molar-refractivity contribution in [1.29, 1.82) is 0 Å². The molecule has 0 radical (unpaired) electrons. The molecule has 0 amide bonds. The SMILES string of the molecule is CCc1ccc(CNCC2CCC(C(=O)O)CC2)o1. The highest BCUT2D eigenvalue weighted by atomic mass is 16.4. The van der Waals surface area contributed by atoms with E-state index in [0.29, 0.717) is 5.92 Å². The zero-order valence-corrected chi connectivity index (χ0v) is 11.5. The average molecular weight is 265 g/mol. The Morgan fingerprint density at radius 1 is 1.32 bits per heavy atom. The van der Waals surface area contributed by atoms with Gasteiger partial charge in [0.1, 0.15) is 11.5 Å². The first-order valence-corrected chi connectivity index (χ1v) is 7.20. The molecular weight excluding hydrogens is 242 g/mol. The number of hydrogen-bond donors (Lipinski definition) is 2. The molecule has 0 aromatic carbocycles. The maximum Gasteiger partial charge on any atom is 0.306 e. The molecule has 2 rings (SSSR count). The summed E-state index contributed by atoms with van der Waals surface area (Å²) < 4.78 is 5.63. The van der Waals surface area contributed by atoms with Crippen LogP contribution in [-0.4, -0.2) is 17.6 Å². The van der Waals surface area contributed by atoms with Gasteiger partial charge in [-0.25, -0.2) is 0 Å². The van der Waals surface area contributed by atoms with Crippen LogP contribution in [0.15, 0.2) is 16.5 Å². The molecular formula is C15H23NO3. The molecule has 1 aliphatic carbocycles. The highest BCUT2D eigenvalue weighted by molar-refractivity contribution is 5.69. The molecule has 0 spiro atoms. The molecule has 0 unspecified atom stereocenters. The summed E-state index contributed by atoms with van der Waals surface area (Å²) in [6, 6.07) is 4.04. The van der Waals surface area contributed by atoms with Crippen LogP contribution in [0, 0.1) is 11.8 Å². The minimum absolute atomic E-state index is 0.117. The fourth-order valence-corrected chi connectivity index (χ4v) is 2.72. The number of nitrogens with one attached hydrogen (secondary N) is 1. The Hall–Kier alpha value is -1.29. The first-order chi connectivity index (χ1) is 9.19. The lowest BCUT2D eigenvalue weighted by Crippen LogP contribution is -2.28. The Morgan fingerprint density at radius 2 is 2.00 bits per heavy atom. The van der Waals surface area contributed by atoms with Crippen molar-refractivity contribution in [2.75, 3.05) is 6.54 Å². The standard InChI is InChI=1S/C15H23NO3/c1-2-13-7-8-14(19-13)10-16-9-11-3-5-12(6-4-11)15(17)18/h7-8,11-12,16H,2-6,9-10H2,1H3,(H,17,18). The second-order valence-corrected chi connectivity index (χ2v) is 5.41. The highest BCUT2D eigenvalue weighted by Gasteiger charge is 2.25. The Bertz CT molecular complexity index is 405. The van der Waals surface area contributed by atoms with Gasteiger partial charge in [-0.2, -0.15) is 0 Å². The summed E-state index contributed by atoms with van der Waals surface area (Å²) in [6.07, 6.45) is 4.61. The lowest BCUT2D eigenvalue weighted by Gasteiger charge is -2.26. The van der Waals surface area contributed by atoms with Gasteiger partial charge in [-0.3, -0.25) is 4.79 Å². The molecule has 1 fully saturated rings. The summed E-state index contributed by atoms with van der Waals surface area (Å²) in [7, 11) is 0. The quantitative estimate of drug-likeness (QED) is 0.830. The fraction of sp³-hybridized carbons (Fsp3) is 0.667. The zero-order chi connectivity index (χ0) is 13.7. The van der Waals surface area contributed by atoms with Gasteiger partial charge < -0.3 is 14.8 Å². The average Bonchev–Trinajstić information content (AvgIpc) is 2.87. The minimum atomic E-state index is -0.630. The van der Waals surface area contributed by atoms with Gasteiger partial charge in [-0.1, -0.05) is 6.92 Å². The smallest absolute Gasteiger partial charge is 0.306 e. The van der Waals surface area contributed by atoms with Crippen molar-refractivity contribution >= 4 is 5.97 Å². The number of carboxylic acids is 1. The van der Waals surface area contributed by atoms with E-state index in [-0.39, 0.29) is 5.92 Å². The molecule has 0 aliphatic heterocycles. The summed E-state index contributed by atoms with van der Waals surface area (Å²) in [6.45, 7) is 3.80. The number of carbonyl (C=O) groups is 1. The van der Waals surface area contributed by atoms with E-state index >= 15 is 0 Å². The van der Waals surface area contributed by atoms with Gasteiger partial charge in [0.25, 0.3) is 0 Å². The van der Waals surface area contributed by atoms with Crippen LogP contribution in [0.2, 0.25) is 0 Å². The van der Waals surface area contributed by atoms with Gasteiger partial charge >= 0.3 is 5.97 Å². The van der Waals surface area contributed by atoms with Crippen LogP contribution in [0.4, 0.5) is 0 Å². The number of hydrogen-bond acceptors (Lipinski definition) is 3.